The lowest BCUT2D eigenvalue weighted by Gasteiger charge is -2.11. The average molecular weight is 732 g/mol. The lowest BCUT2D eigenvalue weighted by Crippen LogP contribution is -2.00. The molecule has 0 spiro atoms. The van der Waals surface area contributed by atoms with Gasteiger partial charge in [0.2, 0.25) is 0 Å². The number of aromatic nitrogens is 3. The van der Waals surface area contributed by atoms with Crippen LogP contribution in [0.25, 0.3) is 122 Å². The van der Waals surface area contributed by atoms with Crippen LogP contribution >= 0.6 is 0 Å². The van der Waals surface area contributed by atoms with Gasteiger partial charge in [-0.2, -0.15) is 0 Å². The molecule has 12 rings (SSSR count). The number of hydrogen-bond donors (Lipinski definition) is 0. The maximum Gasteiger partial charge on any atom is 0.167 e. The number of para-hydroxylation sites is 3. The average Bonchev–Trinajstić information content (AvgIpc) is 3.96. The third-order valence-electron chi connectivity index (χ3n) is 10.9. The van der Waals surface area contributed by atoms with Gasteiger partial charge in [0.1, 0.15) is 33.5 Å². The van der Waals surface area contributed by atoms with E-state index in [0.717, 1.165) is 105 Å². The van der Waals surface area contributed by atoms with Crippen LogP contribution < -0.4 is 0 Å². The number of furan rings is 3. The topological polar surface area (TPSA) is 78.1 Å². The van der Waals surface area contributed by atoms with Crippen LogP contribution in [0.5, 0.6) is 0 Å². The lowest BCUT2D eigenvalue weighted by atomic mass is 9.95. The zero-order valence-electron chi connectivity index (χ0n) is 30.3. The second-order valence-electron chi connectivity index (χ2n) is 14.3. The second kappa shape index (κ2) is 12.3. The number of fused-ring (bicyclic) bond motifs is 9. The maximum atomic E-state index is 6.44. The zero-order valence-corrected chi connectivity index (χ0v) is 30.3. The van der Waals surface area contributed by atoms with Gasteiger partial charge in [-0.05, 0) is 64.7 Å². The smallest absolute Gasteiger partial charge is 0.167 e. The summed E-state index contributed by atoms with van der Waals surface area (Å²) in [5, 5.41) is 6.39. The van der Waals surface area contributed by atoms with Crippen molar-refractivity contribution in [1.29, 1.82) is 0 Å². The lowest BCUT2D eigenvalue weighted by molar-refractivity contribution is 0.656. The van der Waals surface area contributed by atoms with Crippen molar-refractivity contribution in [3.05, 3.63) is 176 Å². The molecule has 266 valence electrons. The molecule has 0 amide bonds. The monoisotopic (exact) mass is 731 g/mol. The Morgan fingerprint density at radius 1 is 0.281 bits per heavy atom. The highest BCUT2D eigenvalue weighted by Gasteiger charge is 2.19. The largest absolute Gasteiger partial charge is 0.456 e. The van der Waals surface area contributed by atoms with Crippen LogP contribution in [0.1, 0.15) is 0 Å². The van der Waals surface area contributed by atoms with Crippen molar-refractivity contribution in [1.82, 2.24) is 15.0 Å². The minimum atomic E-state index is 0.553. The SMILES string of the molecule is c1ccc(-c2nc(-c3cccc(-c4cccc(-c5cccc6oc7cc8oc9ccccc9c8cc7c56)c4)c3)nc(-c3cccc4c3oc3ccccc34)n2)cc1. The van der Waals surface area contributed by atoms with E-state index < -0.39 is 0 Å². The van der Waals surface area contributed by atoms with Crippen LogP contribution in [-0.4, -0.2) is 15.0 Å². The van der Waals surface area contributed by atoms with Gasteiger partial charge in [0.05, 0.1) is 5.56 Å². The molecule has 0 atom stereocenters. The Hall–Kier alpha value is -7.83. The highest BCUT2D eigenvalue weighted by molar-refractivity contribution is 6.18. The molecule has 12 aromatic rings. The summed E-state index contributed by atoms with van der Waals surface area (Å²) in [6, 6.07) is 60.0. The third kappa shape index (κ3) is 5.08. The molecule has 6 heteroatoms. The van der Waals surface area contributed by atoms with Gasteiger partial charge in [0, 0.05) is 49.5 Å². The van der Waals surface area contributed by atoms with Crippen molar-refractivity contribution in [2.75, 3.05) is 0 Å². The molecule has 0 aliphatic heterocycles. The molecular weight excluding hydrogens is 703 g/mol. The fourth-order valence-electron chi connectivity index (χ4n) is 8.25. The van der Waals surface area contributed by atoms with E-state index in [9.17, 15) is 0 Å². The molecule has 0 saturated heterocycles. The summed E-state index contributed by atoms with van der Waals surface area (Å²) in [7, 11) is 0. The van der Waals surface area contributed by atoms with Gasteiger partial charge in [0.15, 0.2) is 17.5 Å². The maximum absolute atomic E-state index is 6.44. The first-order chi connectivity index (χ1) is 28.2. The van der Waals surface area contributed by atoms with E-state index in [1.165, 1.54) is 0 Å². The molecule has 6 nitrogen and oxygen atoms in total. The van der Waals surface area contributed by atoms with E-state index >= 15 is 0 Å². The molecular formula is C51H29N3O3. The van der Waals surface area contributed by atoms with Gasteiger partial charge >= 0.3 is 0 Å². The van der Waals surface area contributed by atoms with E-state index in [1.807, 2.05) is 91.0 Å². The molecule has 8 aromatic carbocycles. The fraction of sp³-hybridized carbons (Fsp3) is 0. The van der Waals surface area contributed by atoms with E-state index in [-0.39, 0.29) is 0 Å². The summed E-state index contributed by atoms with van der Waals surface area (Å²) in [5.74, 6) is 1.73. The minimum absolute atomic E-state index is 0.553. The minimum Gasteiger partial charge on any atom is -0.456 e. The Labute approximate surface area is 325 Å². The van der Waals surface area contributed by atoms with Gasteiger partial charge in [-0.25, -0.2) is 15.0 Å². The quantitative estimate of drug-likeness (QED) is 0.175. The number of nitrogens with zero attached hydrogens (tertiary/aromatic N) is 3. The predicted octanol–water partition coefficient (Wildman–Crippen LogP) is 13.9. The highest BCUT2D eigenvalue weighted by Crippen LogP contribution is 2.42. The van der Waals surface area contributed by atoms with Gasteiger partial charge in [-0.3, -0.25) is 0 Å². The zero-order chi connectivity index (χ0) is 37.5. The number of hydrogen-bond acceptors (Lipinski definition) is 6. The molecule has 0 radical (unpaired) electrons. The second-order valence-corrected chi connectivity index (χ2v) is 14.3. The van der Waals surface area contributed by atoms with Crippen LogP contribution in [0.4, 0.5) is 0 Å². The molecule has 0 N–H and O–H groups in total. The van der Waals surface area contributed by atoms with Crippen LogP contribution in [0.2, 0.25) is 0 Å². The Morgan fingerprint density at radius 2 is 0.807 bits per heavy atom. The van der Waals surface area contributed by atoms with Crippen molar-refractivity contribution < 1.29 is 13.3 Å². The van der Waals surface area contributed by atoms with Crippen LogP contribution in [0, 0.1) is 0 Å². The Balaban J connectivity index is 0.985. The van der Waals surface area contributed by atoms with Crippen molar-refractivity contribution in [3.63, 3.8) is 0 Å². The molecule has 0 aliphatic rings. The fourth-order valence-corrected chi connectivity index (χ4v) is 8.25. The third-order valence-corrected chi connectivity index (χ3v) is 10.9. The Bertz CT molecular complexity index is 3540. The molecule has 0 unspecified atom stereocenters. The predicted molar refractivity (Wildman–Crippen MR) is 229 cm³/mol. The first-order valence-corrected chi connectivity index (χ1v) is 18.9. The molecule has 0 bridgehead atoms. The summed E-state index contributed by atoms with van der Waals surface area (Å²) >= 11 is 0. The summed E-state index contributed by atoms with van der Waals surface area (Å²) in [6.07, 6.45) is 0. The first kappa shape index (κ1) is 31.5. The molecule has 0 saturated carbocycles. The summed E-state index contributed by atoms with van der Waals surface area (Å²) in [4.78, 5) is 15.2. The van der Waals surface area contributed by atoms with Gasteiger partial charge in [-0.15, -0.1) is 0 Å². The van der Waals surface area contributed by atoms with E-state index in [1.54, 1.807) is 0 Å². The van der Waals surface area contributed by atoms with Crippen LogP contribution in [0.15, 0.2) is 189 Å². The van der Waals surface area contributed by atoms with Crippen molar-refractivity contribution in [2.24, 2.45) is 0 Å². The Kier molecular flexibility index (Phi) is 6.83. The molecule has 4 aromatic heterocycles. The highest BCUT2D eigenvalue weighted by atomic mass is 16.3. The van der Waals surface area contributed by atoms with E-state index in [0.29, 0.717) is 17.5 Å². The molecule has 4 heterocycles. The molecule has 57 heavy (non-hydrogen) atoms. The first-order valence-electron chi connectivity index (χ1n) is 18.9. The molecule has 0 fully saturated rings. The number of rotatable bonds is 5. The number of benzene rings is 8. The van der Waals surface area contributed by atoms with E-state index in [4.69, 9.17) is 28.2 Å². The van der Waals surface area contributed by atoms with Gasteiger partial charge < -0.3 is 13.3 Å². The van der Waals surface area contributed by atoms with E-state index in [2.05, 4.69) is 84.9 Å². The summed E-state index contributed by atoms with van der Waals surface area (Å²) < 4.78 is 19.0. The van der Waals surface area contributed by atoms with Crippen molar-refractivity contribution >= 4 is 65.8 Å². The van der Waals surface area contributed by atoms with Crippen LogP contribution in [0.3, 0.4) is 0 Å². The van der Waals surface area contributed by atoms with Crippen molar-refractivity contribution in [3.8, 4) is 56.4 Å². The Morgan fingerprint density at radius 3 is 1.63 bits per heavy atom. The van der Waals surface area contributed by atoms with Gasteiger partial charge in [0.25, 0.3) is 0 Å². The molecule has 0 aliphatic carbocycles. The standard InChI is InChI=1S/C51H29N3O3/c1-2-12-30(13-3-1)49-52-50(54-51(53-49)39-22-10-21-38-36-18-4-7-24-43(36)57-48(38)39)34-17-9-15-32(27-34)31-14-8-16-33(26-31)35-20-11-25-44-47(35)41-28-40-37-19-5-6-23-42(37)55-45(40)29-46(41)56-44/h1-29H. The van der Waals surface area contributed by atoms with Gasteiger partial charge in [-0.1, -0.05) is 127 Å². The summed E-state index contributed by atoms with van der Waals surface area (Å²) in [6.45, 7) is 0. The normalized spacial score (nSPS) is 11.9. The van der Waals surface area contributed by atoms with Crippen molar-refractivity contribution in [2.45, 2.75) is 0 Å². The summed E-state index contributed by atoms with van der Waals surface area (Å²) in [5.41, 5.74) is 11.8. The van der Waals surface area contributed by atoms with Crippen LogP contribution in [-0.2, 0) is 0 Å².